The molecule has 2 aromatic rings. The molecule has 1 unspecified atom stereocenters. The summed E-state index contributed by atoms with van der Waals surface area (Å²) >= 11 is 23.4. The van der Waals surface area contributed by atoms with Gasteiger partial charge in [0.2, 0.25) is 21.5 Å². The van der Waals surface area contributed by atoms with Gasteiger partial charge in [0.25, 0.3) is 0 Å². The summed E-state index contributed by atoms with van der Waals surface area (Å²) in [4.78, 5) is 58.5. The lowest BCUT2D eigenvalue weighted by Crippen LogP contribution is -2.57. The Bertz CT molecular complexity index is 1510. The van der Waals surface area contributed by atoms with Crippen LogP contribution in [0.1, 0.15) is 71.7 Å². The van der Waals surface area contributed by atoms with E-state index >= 15 is 0 Å². The van der Waals surface area contributed by atoms with Crippen molar-refractivity contribution in [3.05, 3.63) is 46.6 Å². The Balaban J connectivity index is 1.64. The van der Waals surface area contributed by atoms with Crippen LogP contribution in [0.2, 0.25) is 5.02 Å². The lowest BCUT2D eigenvalue weighted by Gasteiger charge is -2.34. The molecular weight excluding hydrogens is 690 g/mol. The van der Waals surface area contributed by atoms with Gasteiger partial charge in [-0.3, -0.25) is 19.2 Å². The van der Waals surface area contributed by atoms with E-state index in [9.17, 15) is 24.3 Å². The number of pyridine rings is 1. The number of halogens is 4. The highest BCUT2D eigenvalue weighted by Crippen LogP contribution is 2.29. The fourth-order valence-corrected chi connectivity index (χ4v) is 5.50. The molecule has 1 aliphatic heterocycles. The number of esters is 1. The van der Waals surface area contributed by atoms with E-state index in [0.29, 0.717) is 35.6 Å². The molecule has 0 bridgehead atoms. The Kier molecular flexibility index (Phi) is 13.4. The molecule has 0 radical (unpaired) electrons. The number of nitrogens with zero attached hydrogens (tertiary/aromatic N) is 2. The third kappa shape index (κ3) is 10.9. The van der Waals surface area contributed by atoms with Gasteiger partial charge in [0.15, 0.2) is 0 Å². The molecule has 1 aromatic carbocycles. The average molecular weight is 733 g/mol. The zero-order valence-electron chi connectivity index (χ0n) is 27.3. The number of carbonyl (C=O) groups is 4. The van der Waals surface area contributed by atoms with Crippen molar-refractivity contribution in [3.63, 3.8) is 0 Å². The van der Waals surface area contributed by atoms with Crippen molar-refractivity contribution in [1.29, 1.82) is 0 Å². The monoisotopic (exact) mass is 730 g/mol. The van der Waals surface area contributed by atoms with Gasteiger partial charge in [-0.25, -0.2) is 4.98 Å². The van der Waals surface area contributed by atoms with E-state index in [2.05, 4.69) is 15.6 Å². The summed E-state index contributed by atoms with van der Waals surface area (Å²) in [5, 5.41) is 16.7. The van der Waals surface area contributed by atoms with Crippen LogP contribution in [0.15, 0.2) is 30.3 Å². The quantitative estimate of drug-likeness (QED) is 0.197. The zero-order chi connectivity index (χ0) is 35.3. The number of carbonyl (C=O) groups excluding carboxylic acids is 4. The molecule has 1 aliphatic rings. The minimum atomic E-state index is -1.73. The van der Waals surface area contributed by atoms with E-state index in [-0.39, 0.29) is 24.3 Å². The molecule has 0 spiro atoms. The molecule has 3 N–H and O–H groups in total. The number of hydrogen-bond donors (Lipinski definition) is 3. The van der Waals surface area contributed by atoms with Gasteiger partial charge in [-0.2, -0.15) is 0 Å². The summed E-state index contributed by atoms with van der Waals surface area (Å²) in [7, 11) is 0. The predicted octanol–water partition coefficient (Wildman–Crippen LogP) is 5.78. The summed E-state index contributed by atoms with van der Waals surface area (Å²) < 4.78 is 3.36. The minimum absolute atomic E-state index is 0.116. The van der Waals surface area contributed by atoms with Gasteiger partial charge in [-0.1, -0.05) is 84.5 Å². The fourth-order valence-electron chi connectivity index (χ4n) is 5.06. The molecule has 3 amide bonds. The molecule has 3 rings (SSSR count). The van der Waals surface area contributed by atoms with Crippen molar-refractivity contribution >= 4 is 87.1 Å². The van der Waals surface area contributed by atoms with E-state index in [4.69, 9.17) is 51.1 Å². The van der Waals surface area contributed by atoms with E-state index in [1.807, 2.05) is 18.2 Å². The lowest BCUT2D eigenvalue weighted by molar-refractivity contribution is -0.152. The molecule has 258 valence electrons. The number of aliphatic hydroxyl groups is 1. The second-order valence-electron chi connectivity index (χ2n) is 12.8. The Labute approximate surface area is 295 Å². The van der Waals surface area contributed by atoms with Gasteiger partial charge in [0.1, 0.15) is 18.7 Å². The highest BCUT2D eigenvalue weighted by Gasteiger charge is 2.35. The lowest BCUT2D eigenvalue weighted by atomic mass is 9.89. The SMILES string of the molecule is CC(NC(=O)[C@@H](NC(=O)C(C)(C)/C=C/c1ccc2c(Cl)cc([C@@H](C)O)nc2c1)C(C)C)C(=O)N1CCC[C@@H](C(=O)OCC(Cl)(Cl)Cl)C1. The Morgan fingerprint density at radius 3 is 2.40 bits per heavy atom. The van der Waals surface area contributed by atoms with Crippen molar-refractivity contribution in [1.82, 2.24) is 20.5 Å². The van der Waals surface area contributed by atoms with Gasteiger partial charge in [0.05, 0.1) is 33.7 Å². The number of hydrogen-bond acceptors (Lipinski definition) is 7. The number of benzene rings is 1. The van der Waals surface area contributed by atoms with Crippen LogP contribution in [0.3, 0.4) is 0 Å². The van der Waals surface area contributed by atoms with Crippen LogP contribution in [0.4, 0.5) is 0 Å². The van der Waals surface area contributed by atoms with Gasteiger partial charge < -0.3 is 25.4 Å². The van der Waals surface area contributed by atoms with Crippen LogP contribution >= 0.6 is 46.4 Å². The molecule has 1 fully saturated rings. The molecule has 0 saturated carbocycles. The minimum Gasteiger partial charge on any atom is -0.461 e. The third-order valence-corrected chi connectivity index (χ3v) is 8.56. The molecular formula is C33H42Cl4N4O6. The third-order valence-electron chi connectivity index (χ3n) is 7.92. The van der Waals surface area contributed by atoms with Crippen LogP contribution in [0.25, 0.3) is 17.0 Å². The number of aliphatic hydroxyl groups excluding tert-OH is 1. The summed E-state index contributed by atoms with van der Waals surface area (Å²) in [6.45, 7) is 10.4. The van der Waals surface area contributed by atoms with E-state index in [1.54, 1.807) is 59.8 Å². The van der Waals surface area contributed by atoms with Crippen LogP contribution < -0.4 is 10.6 Å². The number of nitrogens with one attached hydrogen (secondary N) is 2. The number of aromatic nitrogens is 1. The Morgan fingerprint density at radius 2 is 1.79 bits per heavy atom. The standard InChI is InChI=1S/C33H42Cl4N4O6/c1-18(2)27(28(43)38-19(3)29(44)41-13-7-8-22(16-41)30(45)47-17-33(35,36)37)40-31(46)32(5,6)12-11-21-9-10-23-24(34)15-25(20(4)42)39-26(23)14-21/h9-12,14-15,18-20,22,27,42H,7-8,13,16-17H2,1-6H3,(H,38,43)(H,40,46)/b12-11+/t19?,20-,22-,27+/m1/s1. The van der Waals surface area contributed by atoms with Crippen LogP contribution in [0, 0.1) is 17.3 Å². The van der Waals surface area contributed by atoms with Crippen LogP contribution in [-0.4, -0.2) is 74.3 Å². The Hall–Kier alpha value is -2.63. The van der Waals surface area contributed by atoms with E-state index in [0.717, 1.165) is 10.9 Å². The van der Waals surface area contributed by atoms with Gasteiger partial charge in [-0.05, 0) is 64.2 Å². The van der Waals surface area contributed by atoms with E-state index < -0.39 is 51.8 Å². The average Bonchev–Trinajstić information content (AvgIpc) is 3.00. The zero-order valence-corrected chi connectivity index (χ0v) is 30.3. The maximum Gasteiger partial charge on any atom is 0.310 e. The number of piperidine rings is 1. The number of amides is 3. The second kappa shape index (κ2) is 16.2. The molecule has 1 saturated heterocycles. The highest BCUT2D eigenvalue weighted by atomic mass is 35.6. The smallest absolute Gasteiger partial charge is 0.310 e. The molecule has 47 heavy (non-hydrogen) atoms. The van der Waals surface area contributed by atoms with Crippen molar-refractivity contribution in [2.24, 2.45) is 17.3 Å². The van der Waals surface area contributed by atoms with Crippen molar-refractivity contribution in [3.8, 4) is 0 Å². The van der Waals surface area contributed by atoms with Crippen LogP contribution in [-0.2, 0) is 23.9 Å². The number of likely N-dealkylation sites (tertiary alicyclic amines) is 1. The second-order valence-corrected chi connectivity index (χ2v) is 15.7. The molecule has 4 atom stereocenters. The van der Waals surface area contributed by atoms with Crippen molar-refractivity contribution in [2.45, 2.75) is 76.4 Å². The normalized spacial score (nSPS) is 17.8. The molecule has 1 aromatic heterocycles. The van der Waals surface area contributed by atoms with E-state index in [1.165, 1.54) is 4.90 Å². The first-order valence-corrected chi connectivity index (χ1v) is 16.9. The first-order valence-electron chi connectivity index (χ1n) is 15.4. The fraction of sp³-hybridized carbons (Fsp3) is 0.545. The summed E-state index contributed by atoms with van der Waals surface area (Å²) in [6.07, 6.45) is 3.83. The summed E-state index contributed by atoms with van der Waals surface area (Å²) in [5.74, 6) is -2.67. The number of ether oxygens (including phenoxy) is 1. The van der Waals surface area contributed by atoms with Crippen molar-refractivity contribution < 1.29 is 29.0 Å². The van der Waals surface area contributed by atoms with Gasteiger partial charge in [0, 0.05) is 18.5 Å². The molecule has 2 heterocycles. The number of fused-ring (bicyclic) bond motifs is 1. The largest absolute Gasteiger partial charge is 0.461 e. The predicted molar refractivity (Wildman–Crippen MR) is 185 cm³/mol. The maximum absolute atomic E-state index is 13.4. The maximum atomic E-state index is 13.4. The topological polar surface area (TPSA) is 138 Å². The highest BCUT2D eigenvalue weighted by molar-refractivity contribution is 6.67. The number of rotatable bonds is 11. The van der Waals surface area contributed by atoms with Gasteiger partial charge in [-0.15, -0.1) is 0 Å². The molecule has 0 aliphatic carbocycles. The van der Waals surface area contributed by atoms with Gasteiger partial charge >= 0.3 is 5.97 Å². The summed E-state index contributed by atoms with van der Waals surface area (Å²) in [6, 6.07) is 5.30. The molecule has 10 nitrogen and oxygen atoms in total. The molecule has 14 heteroatoms. The Morgan fingerprint density at radius 1 is 1.11 bits per heavy atom. The van der Waals surface area contributed by atoms with Crippen LogP contribution in [0.5, 0.6) is 0 Å². The summed E-state index contributed by atoms with van der Waals surface area (Å²) in [5.41, 5.74) is 0.826. The van der Waals surface area contributed by atoms with Crippen molar-refractivity contribution in [2.75, 3.05) is 19.7 Å². The first-order chi connectivity index (χ1) is 21.8. The number of alkyl halides is 3. The first kappa shape index (κ1) is 38.8.